The minimum atomic E-state index is -0.483. The third kappa shape index (κ3) is 4.20. The fourth-order valence-electron chi connectivity index (χ4n) is 4.69. The van der Waals surface area contributed by atoms with Gasteiger partial charge in [-0.1, -0.05) is 25.1 Å². The van der Waals surface area contributed by atoms with Gasteiger partial charge in [0.1, 0.15) is 11.8 Å². The van der Waals surface area contributed by atoms with E-state index in [1.165, 1.54) is 5.56 Å². The molecule has 1 fully saturated rings. The van der Waals surface area contributed by atoms with Gasteiger partial charge in [-0.3, -0.25) is 10.2 Å². The number of carbonyl (C=O) groups is 1. The van der Waals surface area contributed by atoms with Crippen molar-refractivity contribution in [3.8, 4) is 12.1 Å². The summed E-state index contributed by atoms with van der Waals surface area (Å²) in [5.74, 6) is 0.387. The highest BCUT2D eigenvalue weighted by Gasteiger charge is 2.42. The summed E-state index contributed by atoms with van der Waals surface area (Å²) in [6, 6.07) is 15.4. The maximum Gasteiger partial charge on any atom is 0.169 e. The van der Waals surface area contributed by atoms with Crippen molar-refractivity contribution in [3.63, 3.8) is 0 Å². The summed E-state index contributed by atoms with van der Waals surface area (Å²) in [6.07, 6.45) is 2.47. The third-order valence-corrected chi connectivity index (χ3v) is 6.80. The zero-order valence-electron chi connectivity index (χ0n) is 19.0. The SMILES string of the molecule is C/C(C(=N)C#N)=C(/N)c1cc(C(=O)C2(C)CCC(c3ccc(C#N)cc3)C2)c(C)cc1C.[HH]. The van der Waals surface area contributed by atoms with Crippen molar-refractivity contribution in [1.29, 1.82) is 15.9 Å². The lowest BCUT2D eigenvalue weighted by atomic mass is 9.77. The molecule has 164 valence electrons. The van der Waals surface area contributed by atoms with Gasteiger partial charge in [-0.05, 0) is 80.8 Å². The zero-order valence-corrected chi connectivity index (χ0v) is 19.0. The highest BCUT2D eigenvalue weighted by Crippen LogP contribution is 2.48. The van der Waals surface area contributed by atoms with Crippen LogP contribution in [0.1, 0.15) is 78.6 Å². The molecule has 1 saturated carbocycles. The Morgan fingerprint density at radius 1 is 1.16 bits per heavy atom. The molecule has 0 radical (unpaired) electrons. The van der Waals surface area contributed by atoms with E-state index in [0.717, 1.165) is 30.4 Å². The molecule has 0 amide bonds. The number of nitriles is 2. The molecule has 0 heterocycles. The van der Waals surface area contributed by atoms with Crippen LogP contribution in [-0.2, 0) is 0 Å². The number of Topliss-reactive ketones (excluding diaryl/α,β-unsaturated/α-hetero) is 1. The highest BCUT2D eigenvalue weighted by atomic mass is 16.1. The van der Waals surface area contributed by atoms with Gasteiger partial charge in [0.2, 0.25) is 0 Å². The molecule has 2 aromatic rings. The number of ketones is 1. The number of rotatable bonds is 5. The number of nitrogens with two attached hydrogens (primary N) is 1. The maximum atomic E-state index is 13.7. The van der Waals surface area contributed by atoms with Crippen molar-refractivity contribution < 1.29 is 6.22 Å². The zero-order chi connectivity index (χ0) is 23.6. The van der Waals surface area contributed by atoms with Crippen molar-refractivity contribution >= 4 is 17.2 Å². The normalized spacial score (nSPS) is 20.8. The quantitative estimate of drug-likeness (QED) is 0.463. The maximum absolute atomic E-state index is 13.7. The van der Waals surface area contributed by atoms with E-state index in [1.54, 1.807) is 6.92 Å². The molecule has 2 atom stereocenters. The molecule has 0 aliphatic heterocycles. The molecule has 1 aliphatic rings. The Balaban J connectivity index is 0.00000385. The molecule has 0 spiro atoms. The van der Waals surface area contributed by atoms with Gasteiger partial charge >= 0.3 is 0 Å². The molecule has 3 rings (SSSR count). The number of hydrogen-bond acceptors (Lipinski definition) is 5. The van der Waals surface area contributed by atoms with Crippen LogP contribution in [0.15, 0.2) is 42.0 Å². The number of allylic oxidation sites excluding steroid dienone is 1. The molecule has 5 heteroatoms. The average Bonchev–Trinajstić information content (AvgIpc) is 3.20. The summed E-state index contributed by atoms with van der Waals surface area (Å²) in [4.78, 5) is 13.7. The Bertz CT molecular complexity index is 1210. The second-order valence-corrected chi connectivity index (χ2v) is 9.07. The molecule has 2 unspecified atom stereocenters. The first-order chi connectivity index (χ1) is 15.1. The lowest BCUT2D eigenvalue weighted by Crippen LogP contribution is -2.26. The van der Waals surface area contributed by atoms with Crippen LogP contribution in [0.25, 0.3) is 5.70 Å². The van der Waals surface area contributed by atoms with Crippen molar-refractivity contribution in [1.82, 2.24) is 0 Å². The highest BCUT2D eigenvalue weighted by molar-refractivity contribution is 6.13. The Morgan fingerprint density at radius 2 is 1.78 bits per heavy atom. The first kappa shape index (κ1) is 23.0. The molecule has 3 N–H and O–H groups in total. The van der Waals surface area contributed by atoms with Crippen LogP contribution < -0.4 is 5.73 Å². The minimum absolute atomic E-state index is 0. The number of carbonyl (C=O) groups excluding carboxylic acids is 1. The minimum Gasteiger partial charge on any atom is -0.398 e. The number of nitrogens with one attached hydrogen (secondary N) is 1. The molecule has 0 saturated heterocycles. The Labute approximate surface area is 191 Å². The standard InChI is InChI=1S/C27H28N4O.H2/c1-16-11-17(2)23(12-22(16)25(31)18(3)24(30)15-29)26(32)27(4)10-9-21(13-27)20-7-5-19(14-28)6-8-20;/h5-8,11-12,21,30H,9-10,13,31H2,1-4H3;1H/b25-18-,30-24?;. The molecule has 0 bridgehead atoms. The molecule has 2 aromatic carbocycles. The summed E-state index contributed by atoms with van der Waals surface area (Å²) in [5.41, 5.74) is 11.4. The first-order valence-electron chi connectivity index (χ1n) is 10.7. The van der Waals surface area contributed by atoms with Crippen LogP contribution in [-0.4, -0.2) is 11.5 Å². The van der Waals surface area contributed by atoms with Gasteiger partial charge in [-0.15, -0.1) is 0 Å². The number of benzene rings is 2. The van der Waals surface area contributed by atoms with Gasteiger partial charge in [-0.2, -0.15) is 10.5 Å². The predicted octanol–water partition coefficient (Wildman–Crippen LogP) is 5.81. The Kier molecular flexibility index (Phi) is 6.32. The molecular formula is C27H30N4O. The van der Waals surface area contributed by atoms with Crippen LogP contribution in [0.2, 0.25) is 0 Å². The van der Waals surface area contributed by atoms with Crippen LogP contribution >= 0.6 is 0 Å². The van der Waals surface area contributed by atoms with E-state index in [9.17, 15) is 4.79 Å². The monoisotopic (exact) mass is 426 g/mol. The second-order valence-electron chi connectivity index (χ2n) is 9.07. The average molecular weight is 427 g/mol. The molecule has 1 aliphatic carbocycles. The topological polar surface area (TPSA) is 115 Å². The molecular weight excluding hydrogens is 396 g/mol. The lowest BCUT2D eigenvalue weighted by Gasteiger charge is -2.25. The van der Waals surface area contributed by atoms with E-state index in [-0.39, 0.29) is 18.8 Å². The van der Waals surface area contributed by atoms with E-state index < -0.39 is 5.41 Å². The third-order valence-electron chi connectivity index (χ3n) is 6.80. The van der Waals surface area contributed by atoms with E-state index in [1.807, 2.05) is 63.2 Å². The summed E-state index contributed by atoms with van der Waals surface area (Å²) < 4.78 is 0. The fourth-order valence-corrected chi connectivity index (χ4v) is 4.69. The smallest absolute Gasteiger partial charge is 0.169 e. The second kappa shape index (κ2) is 8.81. The lowest BCUT2D eigenvalue weighted by molar-refractivity contribution is 0.0820. The van der Waals surface area contributed by atoms with Gasteiger partial charge in [0.05, 0.1) is 11.6 Å². The largest absolute Gasteiger partial charge is 0.398 e. The predicted molar refractivity (Wildman–Crippen MR) is 128 cm³/mol. The van der Waals surface area contributed by atoms with Gasteiger partial charge in [0.25, 0.3) is 0 Å². The number of nitrogens with zero attached hydrogens (tertiary/aromatic N) is 2. The van der Waals surface area contributed by atoms with E-state index in [2.05, 4.69) is 6.07 Å². The molecule has 32 heavy (non-hydrogen) atoms. The van der Waals surface area contributed by atoms with E-state index >= 15 is 0 Å². The summed E-state index contributed by atoms with van der Waals surface area (Å²) >= 11 is 0. The van der Waals surface area contributed by atoms with Crippen LogP contribution in [0.5, 0.6) is 0 Å². The van der Waals surface area contributed by atoms with Gasteiger partial charge < -0.3 is 5.73 Å². The summed E-state index contributed by atoms with van der Waals surface area (Å²) in [6.45, 7) is 7.55. The first-order valence-corrected chi connectivity index (χ1v) is 10.7. The van der Waals surface area contributed by atoms with Crippen molar-refractivity contribution in [2.24, 2.45) is 11.1 Å². The van der Waals surface area contributed by atoms with Crippen molar-refractivity contribution in [2.75, 3.05) is 0 Å². The molecule has 0 aromatic heterocycles. The van der Waals surface area contributed by atoms with Crippen molar-refractivity contribution in [2.45, 2.75) is 52.9 Å². The number of hydrogen-bond donors (Lipinski definition) is 2. The fraction of sp³-hybridized carbons (Fsp3) is 0.333. The van der Waals surface area contributed by atoms with Gasteiger partial charge in [0, 0.05) is 29.2 Å². The van der Waals surface area contributed by atoms with Crippen LogP contribution in [0.4, 0.5) is 0 Å². The van der Waals surface area contributed by atoms with E-state index in [4.69, 9.17) is 21.7 Å². The summed E-state index contributed by atoms with van der Waals surface area (Å²) in [5, 5.41) is 25.9. The molecule has 5 nitrogen and oxygen atoms in total. The van der Waals surface area contributed by atoms with Gasteiger partial charge in [0.15, 0.2) is 5.78 Å². The summed E-state index contributed by atoms with van der Waals surface area (Å²) in [7, 11) is 0. The Morgan fingerprint density at radius 3 is 2.38 bits per heavy atom. The van der Waals surface area contributed by atoms with Crippen LogP contribution in [0, 0.1) is 47.3 Å². The van der Waals surface area contributed by atoms with Crippen molar-refractivity contribution in [3.05, 3.63) is 75.4 Å². The number of aryl methyl sites for hydroxylation is 2. The Hall–Kier alpha value is -3.70. The van der Waals surface area contributed by atoms with E-state index in [0.29, 0.717) is 28.0 Å². The van der Waals surface area contributed by atoms with Gasteiger partial charge in [-0.25, -0.2) is 0 Å². The van der Waals surface area contributed by atoms with Crippen LogP contribution in [0.3, 0.4) is 0 Å².